The average molecular weight is 414 g/mol. The van der Waals surface area contributed by atoms with E-state index >= 15 is 0 Å². The van der Waals surface area contributed by atoms with Gasteiger partial charge in [-0.3, -0.25) is 24.5 Å². The zero-order valence-electron chi connectivity index (χ0n) is 18.5. The molecule has 5 heteroatoms. The number of aromatic nitrogens is 3. The predicted octanol–water partition coefficient (Wildman–Crippen LogP) is 4.49. The molecule has 3 aromatic heterocycles. The highest BCUT2D eigenvalue weighted by molar-refractivity contribution is 5.97. The molecule has 1 unspecified atom stereocenters. The van der Waals surface area contributed by atoms with Gasteiger partial charge in [-0.15, -0.1) is 0 Å². The van der Waals surface area contributed by atoms with E-state index in [1.54, 1.807) is 18.5 Å². The van der Waals surface area contributed by atoms with E-state index in [-0.39, 0.29) is 17.5 Å². The van der Waals surface area contributed by atoms with Crippen LogP contribution in [0, 0.1) is 13.8 Å². The number of rotatable bonds is 6. The quantitative estimate of drug-likeness (QED) is 0.557. The van der Waals surface area contributed by atoms with Crippen molar-refractivity contribution in [1.29, 1.82) is 0 Å². The first-order valence-corrected chi connectivity index (χ1v) is 10.7. The summed E-state index contributed by atoms with van der Waals surface area (Å²) in [7, 11) is 0. The van der Waals surface area contributed by atoms with Gasteiger partial charge in [0.05, 0.1) is 11.1 Å². The summed E-state index contributed by atoms with van der Waals surface area (Å²) in [5, 5.41) is 0. The third kappa shape index (κ3) is 3.92. The monoisotopic (exact) mass is 413 g/mol. The van der Waals surface area contributed by atoms with Crippen LogP contribution >= 0.6 is 0 Å². The van der Waals surface area contributed by atoms with E-state index in [1.165, 1.54) is 0 Å². The molecular formula is C26H27N3O2. The minimum absolute atomic E-state index is 0.0176. The van der Waals surface area contributed by atoms with Crippen LogP contribution < -0.4 is 0 Å². The van der Waals surface area contributed by atoms with Crippen LogP contribution in [0.3, 0.4) is 0 Å². The largest absolute Gasteiger partial charge is 0.298 e. The molecule has 3 heterocycles. The van der Waals surface area contributed by atoms with Crippen LogP contribution in [0.15, 0.2) is 48.8 Å². The summed E-state index contributed by atoms with van der Waals surface area (Å²) in [5.41, 5.74) is 5.68. The second-order valence-electron chi connectivity index (χ2n) is 8.68. The Labute approximate surface area is 183 Å². The first-order chi connectivity index (χ1) is 14.8. The van der Waals surface area contributed by atoms with Gasteiger partial charge in [0, 0.05) is 36.6 Å². The fourth-order valence-electron chi connectivity index (χ4n) is 4.62. The van der Waals surface area contributed by atoms with Crippen LogP contribution in [0.5, 0.6) is 0 Å². The van der Waals surface area contributed by atoms with Crippen molar-refractivity contribution >= 4 is 11.6 Å². The topological polar surface area (TPSA) is 72.8 Å². The number of nitrogens with zero attached hydrogens (tertiary/aromatic N) is 3. The third-order valence-corrected chi connectivity index (χ3v) is 6.58. The number of pyridine rings is 3. The van der Waals surface area contributed by atoms with E-state index < -0.39 is 5.41 Å². The summed E-state index contributed by atoms with van der Waals surface area (Å²) >= 11 is 0. The van der Waals surface area contributed by atoms with Gasteiger partial charge in [0.2, 0.25) is 0 Å². The van der Waals surface area contributed by atoms with Crippen molar-refractivity contribution in [3.8, 4) is 0 Å². The SMILES string of the molecule is Cc1cc(CCC(=O)c2ccc([C@@H](C)C3(C)C(=O)Cc4ncccc43)cn2)cc(C)n1. The van der Waals surface area contributed by atoms with E-state index in [0.717, 1.165) is 33.8 Å². The second kappa shape index (κ2) is 8.14. The molecule has 2 atom stereocenters. The summed E-state index contributed by atoms with van der Waals surface area (Å²) in [6.45, 7) is 7.96. The van der Waals surface area contributed by atoms with Crippen molar-refractivity contribution in [2.24, 2.45) is 0 Å². The van der Waals surface area contributed by atoms with Gasteiger partial charge in [0.15, 0.2) is 5.78 Å². The Morgan fingerprint density at radius 2 is 1.87 bits per heavy atom. The fourth-order valence-corrected chi connectivity index (χ4v) is 4.62. The van der Waals surface area contributed by atoms with Gasteiger partial charge < -0.3 is 0 Å². The normalized spacial score (nSPS) is 18.6. The molecular weight excluding hydrogens is 386 g/mol. The molecule has 5 nitrogen and oxygen atoms in total. The lowest BCUT2D eigenvalue weighted by atomic mass is 9.70. The molecule has 158 valence electrons. The van der Waals surface area contributed by atoms with Gasteiger partial charge in [-0.25, -0.2) is 0 Å². The molecule has 0 N–H and O–H groups in total. The molecule has 0 fully saturated rings. The van der Waals surface area contributed by atoms with Crippen LogP contribution in [0.4, 0.5) is 0 Å². The van der Waals surface area contributed by atoms with Gasteiger partial charge in [0.25, 0.3) is 0 Å². The highest BCUT2D eigenvalue weighted by Gasteiger charge is 2.47. The van der Waals surface area contributed by atoms with E-state index in [9.17, 15) is 9.59 Å². The van der Waals surface area contributed by atoms with Crippen molar-refractivity contribution in [3.63, 3.8) is 0 Å². The number of hydrogen-bond donors (Lipinski definition) is 0. The maximum absolute atomic E-state index is 12.9. The minimum atomic E-state index is -0.631. The molecule has 0 saturated heterocycles. The molecule has 0 spiro atoms. The number of carbonyl (C=O) groups excluding carboxylic acids is 2. The first-order valence-electron chi connectivity index (χ1n) is 10.7. The van der Waals surface area contributed by atoms with E-state index in [4.69, 9.17) is 0 Å². The molecule has 3 aromatic rings. The van der Waals surface area contributed by atoms with Gasteiger partial charge in [-0.2, -0.15) is 0 Å². The Morgan fingerprint density at radius 3 is 2.55 bits per heavy atom. The summed E-state index contributed by atoms with van der Waals surface area (Å²) in [6.07, 6.45) is 4.92. The molecule has 1 aliphatic carbocycles. The van der Waals surface area contributed by atoms with Gasteiger partial charge in [-0.05, 0) is 74.1 Å². The number of carbonyl (C=O) groups is 2. The molecule has 0 aliphatic heterocycles. The Kier molecular flexibility index (Phi) is 5.52. The van der Waals surface area contributed by atoms with Gasteiger partial charge in [0.1, 0.15) is 11.5 Å². The molecule has 0 radical (unpaired) electrons. The van der Waals surface area contributed by atoms with Crippen molar-refractivity contribution in [2.75, 3.05) is 0 Å². The van der Waals surface area contributed by atoms with Crippen LogP contribution in [-0.2, 0) is 23.1 Å². The number of hydrogen-bond acceptors (Lipinski definition) is 5. The van der Waals surface area contributed by atoms with Crippen LogP contribution in [0.25, 0.3) is 0 Å². The van der Waals surface area contributed by atoms with Crippen molar-refractivity contribution < 1.29 is 9.59 Å². The third-order valence-electron chi connectivity index (χ3n) is 6.58. The Balaban J connectivity index is 1.49. The number of aryl methyl sites for hydroxylation is 3. The number of ketones is 2. The number of Topliss-reactive ketones (excluding diaryl/α,β-unsaturated/α-hetero) is 2. The second-order valence-corrected chi connectivity index (χ2v) is 8.68. The van der Waals surface area contributed by atoms with Gasteiger partial charge >= 0.3 is 0 Å². The highest BCUT2D eigenvalue weighted by Crippen LogP contribution is 2.45. The fraction of sp³-hybridized carbons (Fsp3) is 0.346. The minimum Gasteiger partial charge on any atom is -0.298 e. The van der Waals surface area contributed by atoms with E-state index in [1.807, 2.05) is 58.0 Å². The molecule has 1 aliphatic rings. The predicted molar refractivity (Wildman–Crippen MR) is 119 cm³/mol. The zero-order valence-corrected chi connectivity index (χ0v) is 18.5. The first kappa shape index (κ1) is 21.0. The number of fused-ring (bicyclic) bond motifs is 1. The molecule has 0 aromatic carbocycles. The van der Waals surface area contributed by atoms with Crippen molar-refractivity contribution in [1.82, 2.24) is 15.0 Å². The lowest BCUT2D eigenvalue weighted by Crippen LogP contribution is -2.34. The molecule has 0 bridgehead atoms. The Morgan fingerprint density at radius 1 is 1.13 bits per heavy atom. The molecule has 4 rings (SSSR count). The smallest absolute Gasteiger partial charge is 0.181 e. The van der Waals surface area contributed by atoms with Crippen LogP contribution in [-0.4, -0.2) is 26.5 Å². The molecule has 0 amide bonds. The lowest BCUT2D eigenvalue weighted by Gasteiger charge is -2.31. The maximum atomic E-state index is 12.9. The summed E-state index contributed by atoms with van der Waals surface area (Å²) in [5.74, 6) is 0.130. The van der Waals surface area contributed by atoms with Crippen LogP contribution in [0.1, 0.15) is 70.4 Å². The van der Waals surface area contributed by atoms with Crippen molar-refractivity contribution in [2.45, 2.75) is 58.3 Å². The summed E-state index contributed by atoms with van der Waals surface area (Å²) in [6, 6.07) is 11.6. The molecule has 0 saturated carbocycles. The van der Waals surface area contributed by atoms with E-state index in [2.05, 4.69) is 15.0 Å². The van der Waals surface area contributed by atoms with E-state index in [0.29, 0.717) is 25.0 Å². The Hall–Kier alpha value is -3.21. The van der Waals surface area contributed by atoms with Gasteiger partial charge in [-0.1, -0.05) is 19.1 Å². The maximum Gasteiger partial charge on any atom is 0.181 e. The highest BCUT2D eigenvalue weighted by atomic mass is 16.1. The van der Waals surface area contributed by atoms with Crippen LogP contribution in [0.2, 0.25) is 0 Å². The summed E-state index contributed by atoms with van der Waals surface area (Å²) < 4.78 is 0. The van der Waals surface area contributed by atoms with Crippen molar-refractivity contribution in [3.05, 3.63) is 88.3 Å². The average Bonchev–Trinajstić information content (AvgIpc) is 3.02. The zero-order chi connectivity index (χ0) is 22.2. The molecule has 31 heavy (non-hydrogen) atoms. The lowest BCUT2D eigenvalue weighted by molar-refractivity contribution is -0.123. The standard InChI is InChI=1S/C26H27N3O2/c1-16-12-19(13-17(2)29-16)7-10-24(30)22-9-8-20(15-28-22)18(3)26(4)21-6-5-11-27-23(21)14-25(26)31/h5-6,8-9,11-13,15,18H,7,10,14H2,1-4H3/t18-,26?/m1/s1. The summed E-state index contributed by atoms with van der Waals surface area (Å²) in [4.78, 5) is 38.8. The Bertz CT molecular complexity index is 1130.